The number of nitrogens with zero attached hydrogens (tertiary/aromatic N) is 3. The first kappa shape index (κ1) is 19.8. The molecule has 7 heteroatoms. The van der Waals surface area contributed by atoms with Gasteiger partial charge in [-0.3, -0.25) is 9.88 Å². The Labute approximate surface area is 173 Å². The van der Waals surface area contributed by atoms with Crippen LogP contribution in [0.1, 0.15) is 22.8 Å². The average Bonchev–Trinajstić information content (AvgIpc) is 3.21. The molecule has 0 spiro atoms. The highest BCUT2D eigenvalue weighted by atomic mass is 19.1. The SMILES string of the molecule is CN(Cc1cc2c(c(-c3cncc(F)c3)c1)OCO2)CC(O)c1cccc(C#N)c1. The minimum absolute atomic E-state index is 0.109. The number of fused-ring (bicyclic) bond motifs is 1. The fourth-order valence-corrected chi connectivity index (χ4v) is 3.52. The molecule has 152 valence electrons. The van der Waals surface area contributed by atoms with Gasteiger partial charge in [-0.25, -0.2) is 4.39 Å². The van der Waals surface area contributed by atoms with Gasteiger partial charge in [0.1, 0.15) is 5.82 Å². The summed E-state index contributed by atoms with van der Waals surface area (Å²) in [7, 11) is 1.89. The maximum Gasteiger partial charge on any atom is 0.231 e. The van der Waals surface area contributed by atoms with Gasteiger partial charge in [-0.2, -0.15) is 5.26 Å². The van der Waals surface area contributed by atoms with Crippen LogP contribution in [0.15, 0.2) is 54.9 Å². The van der Waals surface area contributed by atoms with Crippen LogP contribution in [0.4, 0.5) is 4.39 Å². The maximum absolute atomic E-state index is 13.7. The van der Waals surface area contributed by atoms with Crippen molar-refractivity contribution in [3.63, 3.8) is 0 Å². The van der Waals surface area contributed by atoms with Crippen LogP contribution in [0.2, 0.25) is 0 Å². The van der Waals surface area contributed by atoms with Crippen LogP contribution in [-0.4, -0.2) is 35.4 Å². The monoisotopic (exact) mass is 405 g/mol. The molecule has 1 aromatic heterocycles. The number of rotatable bonds is 6. The van der Waals surface area contributed by atoms with E-state index >= 15 is 0 Å². The van der Waals surface area contributed by atoms with E-state index in [1.165, 1.54) is 6.07 Å². The number of hydrogen-bond acceptors (Lipinski definition) is 6. The van der Waals surface area contributed by atoms with E-state index in [0.717, 1.165) is 11.8 Å². The first-order valence-electron chi connectivity index (χ1n) is 9.43. The number of hydrogen-bond donors (Lipinski definition) is 1. The molecule has 1 aliphatic heterocycles. The second-order valence-electron chi connectivity index (χ2n) is 7.22. The topological polar surface area (TPSA) is 78.6 Å². The average molecular weight is 405 g/mol. The number of pyridine rings is 1. The van der Waals surface area contributed by atoms with Crippen molar-refractivity contribution in [3.05, 3.63) is 77.4 Å². The molecule has 0 amide bonds. The Bertz CT molecular complexity index is 1110. The Hall–Kier alpha value is -3.47. The predicted octanol–water partition coefficient (Wildman–Crippen LogP) is 3.65. The van der Waals surface area contributed by atoms with Crippen molar-refractivity contribution in [3.8, 4) is 28.7 Å². The van der Waals surface area contributed by atoms with E-state index in [9.17, 15) is 9.50 Å². The van der Waals surface area contributed by atoms with Gasteiger partial charge >= 0.3 is 0 Å². The smallest absolute Gasteiger partial charge is 0.231 e. The highest BCUT2D eigenvalue weighted by molar-refractivity contribution is 5.75. The van der Waals surface area contributed by atoms with E-state index in [1.807, 2.05) is 24.1 Å². The Balaban J connectivity index is 1.54. The number of aromatic nitrogens is 1. The van der Waals surface area contributed by atoms with Crippen LogP contribution in [0.3, 0.4) is 0 Å². The summed E-state index contributed by atoms with van der Waals surface area (Å²) in [5.41, 5.74) is 3.45. The van der Waals surface area contributed by atoms with Crippen LogP contribution >= 0.6 is 0 Å². The van der Waals surface area contributed by atoms with Crippen molar-refractivity contribution in [2.45, 2.75) is 12.6 Å². The molecule has 0 radical (unpaired) electrons. The lowest BCUT2D eigenvalue weighted by Crippen LogP contribution is -2.24. The third kappa shape index (κ3) is 4.25. The van der Waals surface area contributed by atoms with Crippen molar-refractivity contribution in [1.29, 1.82) is 5.26 Å². The van der Waals surface area contributed by atoms with Crippen molar-refractivity contribution >= 4 is 0 Å². The summed E-state index contributed by atoms with van der Waals surface area (Å²) in [5, 5.41) is 19.6. The van der Waals surface area contributed by atoms with Gasteiger partial charge in [0.15, 0.2) is 11.5 Å². The zero-order chi connectivity index (χ0) is 21.1. The van der Waals surface area contributed by atoms with Crippen LogP contribution in [0.5, 0.6) is 11.5 Å². The van der Waals surface area contributed by atoms with Crippen LogP contribution in [-0.2, 0) is 6.54 Å². The number of benzene rings is 2. The van der Waals surface area contributed by atoms with Crippen molar-refractivity contribution < 1.29 is 19.0 Å². The zero-order valence-corrected chi connectivity index (χ0v) is 16.4. The summed E-state index contributed by atoms with van der Waals surface area (Å²) >= 11 is 0. The van der Waals surface area contributed by atoms with Crippen molar-refractivity contribution in [1.82, 2.24) is 9.88 Å². The molecule has 6 nitrogen and oxygen atoms in total. The fourth-order valence-electron chi connectivity index (χ4n) is 3.52. The minimum Gasteiger partial charge on any atom is -0.454 e. The first-order valence-corrected chi connectivity index (χ1v) is 9.43. The van der Waals surface area contributed by atoms with E-state index in [-0.39, 0.29) is 6.79 Å². The molecule has 1 N–H and O–H groups in total. The van der Waals surface area contributed by atoms with E-state index in [4.69, 9.17) is 14.7 Å². The lowest BCUT2D eigenvalue weighted by molar-refractivity contribution is 0.124. The second-order valence-corrected chi connectivity index (χ2v) is 7.22. The van der Waals surface area contributed by atoms with Gasteiger partial charge in [0.05, 0.1) is 23.9 Å². The van der Waals surface area contributed by atoms with Crippen LogP contribution < -0.4 is 9.47 Å². The summed E-state index contributed by atoms with van der Waals surface area (Å²) in [5.74, 6) is 0.745. The molecule has 1 aliphatic rings. The molecule has 1 atom stereocenters. The fraction of sp³-hybridized carbons (Fsp3) is 0.217. The molecular weight excluding hydrogens is 385 g/mol. The molecule has 1 unspecified atom stereocenters. The number of nitriles is 1. The summed E-state index contributed by atoms with van der Waals surface area (Å²) < 4.78 is 24.8. The number of aliphatic hydroxyl groups excluding tert-OH is 1. The van der Waals surface area contributed by atoms with Crippen LogP contribution in [0.25, 0.3) is 11.1 Å². The Morgan fingerprint density at radius 2 is 2.10 bits per heavy atom. The van der Waals surface area contributed by atoms with E-state index in [1.54, 1.807) is 30.5 Å². The Kier molecular flexibility index (Phi) is 5.61. The normalized spacial score (nSPS) is 13.3. The minimum atomic E-state index is -0.732. The van der Waals surface area contributed by atoms with Gasteiger partial charge in [0.25, 0.3) is 0 Å². The van der Waals surface area contributed by atoms with Gasteiger partial charge in [0, 0.05) is 30.4 Å². The molecule has 0 saturated carbocycles. The third-order valence-corrected chi connectivity index (χ3v) is 4.89. The number of halogens is 1. The quantitative estimate of drug-likeness (QED) is 0.674. The molecule has 30 heavy (non-hydrogen) atoms. The van der Waals surface area contributed by atoms with Gasteiger partial charge in [0.2, 0.25) is 6.79 Å². The zero-order valence-electron chi connectivity index (χ0n) is 16.4. The summed E-state index contributed by atoms with van der Waals surface area (Å²) in [6.07, 6.45) is 2.01. The van der Waals surface area contributed by atoms with Gasteiger partial charge < -0.3 is 14.6 Å². The Morgan fingerprint density at radius 1 is 1.23 bits per heavy atom. The highest BCUT2D eigenvalue weighted by Crippen LogP contribution is 2.42. The summed E-state index contributed by atoms with van der Waals surface area (Å²) in [4.78, 5) is 5.89. The van der Waals surface area contributed by atoms with Gasteiger partial charge in [-0.15, -0.1) is 0 Å². The second kappa shape index (κ2) is 8.49. The molecular formula is C23H20FN3O3. The molecule has 2 aromatic carbocycles. The summed E-state index contributed by atoms with van der Waals surface area (Å²) in [6, 6.07) is 14.2. The standard InChI is InChI=1S/C23H20FN3O3/c1-27(13-21(28)17-4-2-3-15(5-17)9-25)12-16-6-20(18-8-19(24)11-26-10-18)23-22(7-16)29-14-30-23/h2-8,10-11,21,28H,12-14H2,1H3. The van der Waals surface area contributed by atoms with E-state index in [2.05, 4.69) is 11.1 Å². The maximum atomic E-state index is 13.7. The number of ether oxygens (including phenoxy) is 2. The molecule has 0 aliphatic carbocycles. The highest BCUT2D eigenvalue weighted by Gasteiger charge is 2.22. The van der Waals surface area contributed by atoms with Gasteiger partial charge in [-0.1, -0.05) is 12.1 Å². The molecule has 4 rings (SSSR count). The molecule has 3 aromatic rings. The van der Waals surface area contributed by atoms with Crippen molar-refractivity contribution in [2.75, 3.05) is 20.4 Å². The first-order chi connectivity index (χ1) is 14.5. The number of likely N-dealkylation sites (N-methyl/N-ethyl adjacent to an activating group) is 1. The van der Waals surface area contributed by atoms with E-state index < -0.39 is 11.9 Å². The lowest BCUT2D eigenvalue weighted by atomic mass is 10.0. The molecule has 2 heterocycles. The third-order valence-electron chi connectivity index (χ3n) is 4.89. The summed E-state index contributed by atoms with van der Waals surface area (Å²) in [6.45, 7) is 1.01. The molecule has 0 saturated heterocycles. The lowest BCUT2D eigenvalue weighted by Gasteiger charge is -2.21. The van der Waals surface area contributed by atoms with Crippen LogP contribution in [0, 0.1) is 17.1 Å². The van der Waals surface area contributed by atoms with Gasteiger partial charge in [-0.05, 0) is 48.5 Å². The van der Waals surface area contributed by atoms with Crippen molar-refractivity contribution in [2.24, 2.45) is 0 Å². The Morgan fingerprint density at radius 3 is 2.90 bits per heavy atom. The number of aliphatic hydroxyl groups is 1. The molecule has 0 bridgehead atoms. The predicted molar refractivity (Wildman–Crippen MR) is 108 cm³/mol. The van der Waals surface area contributed by atoms with E-state index in [0.29, 0.717) is 46.8 Å². The molecule has 0 fully saturated rings. The largest absolute Gasteiger partial charge is 0.454 e.